The molecule has 7 heteroatoms. The standard InChI is InChI=1S/C30H33N5OS/c1-2-13-33-16-18-34(19-17-33)24-8-6-23(7-9-24)25-11-12-31-27-10-5-22(20-26(25)27)21-28-29(36)32-30(37-28)35-14-3-4-15-35/h5-12,20-21H,2-4,13-19H2,1H3. The smallest absolute Gasteiger partial charge is 0.286 e. The zero-order valence-electron chi connectivity index (χ0n) is 21.4. The number of amides is 1. The van der Waals surface area contributed by atoms with Crippen molar-refractivity contribution in [3.8, 4) is 11.1 Å². The number of anilines is 1. The van der Waals surface area contributed by atoms with Gasteiger partial charge in [-0.1, -0.05) is 25.1 Å². The van der Waals surface area contributed by atoms with Crippen LogP contribution in [0.4, 0.5) is 5.69 Å². The average molecular weight is 512 g/mol. The minimum Gasteiger partial charge on any atom is -0.369 e. The molecule has 2 aromatic carbocycles. The molecule has 1 aromatic heterocycles. The SMILES string of the molecule is CCCN1CCN(c2ccc(-c3ccnc4ccc(C=C5SC(N6CCCC6)=NC5=O)cc34)cc2)CC1. The van der Waals surface area contributed by atoms with Crippen molar-refractivity contribution >= 4 is 45.5 Å². The Labute approximate surface area is 223 Å². The van der Waals surface area contributed by atoms with E-state index in [2.05, 4.69) is 68.0 Å². The summed E-state index contributed by atoms with van der Waals surface area (Å²) in [6, 6.07) is 17.2. The molecule has 0 atom stereocenters. The zero-order valence-corrected chi connectivity index (χ0v) is 22.2. The maximum Gasteiger partial charge on any atom is 0.286 e. The molecule has 2 fully saturated rings. The largest absolute Gasteiger partial charge is 0.369 e. The Hall–Kier alpha value is -3.16. The highest BCUT2D eigenvalue weighted by atomic mass is 32.2. The molecule has 3 aliphatic heterocycles. The predicted octanol–water partition coefficient (Wildman–Crippen LogP) is 5.50. The van der Waals surface area contributed by atoms with Gasteiger partial charge in [0.2, 0.25) is 0 Å². The van der Waals surface area contributed by atoms with Crippen molar-refractivity contribution in [2.75, 3.05) is 50.7 Å². The Balaban J connectivity index is 1.23. The normalized spacial score (nSPS) is 19.9. The first-order valence-corrected chi connectivity index (χ1v) is 14.2. The lowest BCUT2D eigenvalue weighted by atomic mass is 9.99. The van der Waals surface area contributed by atoms with Crippen LogP contribution in [0, 0.1) is 0 Å². The van der Waals surface area contributed by atoms with E-state index in [1.54, 1.807) is 0 Å². The van der Waals surface area contributed by atoms with Gasteiger partial charge in [0.1, 0.15) is 0 Å². The number of aromatic nitrogens is 1. The Morgan fingerprint density at radius 3 is 2.46 bits per heavy atom. The first-order chi connectivity index (χ1) is 18.2. The number of aliphatic imine (C=N–C) groups is 1. The maximum absolute atomic E-state index is 12.6. The summed E-state index contributed by atoms with van der Waals surface area (Å²) in [5, 5.41) is 1.94. The second-order valence-corrected chi connectivity index (χ2v) is 11.0. The number of carbonyl (C=O) groups is 1. The van der Waals surface area contributed by atoms with E-state index in [4.69, 9.17) is 0 Å². The lowest BCUT2D eigenvalue weighted by Crippen LogP contribution is -2.46. The van der Waals surface area contributed by atoms with Gasteiger partial charge in [0.15, 0.2) is 5.17 Å². The van der Waals surface area contributed by atoms with Gasteiger partial charge in [-0.25, -0.2) is 0 Å². The number of fused-ring (bicyclic) bond motifs is 1. The molecular formula is C30H33N5OS. The third-order valence-corrected chi connectivity index (χ3v) is 8.55. The van der Waals surface area contributed by atoms with E-state index in [-0.39, 0.29) is 5.91 Å². The summed E-state index contributed by atoms with van der Waals surface area (Å²) in [6.07, 6.45) is 7.41. The highest BCUT2D eigenvalue weighted by Crippen LogP contribution is 2.34. The van der Waals surface area contributed by atoms with Crippen LogP contribution in [0.3, 0.4) is 0 Å². The number of nitrogens with zero attached hydrogens (tertiary/aromatic N) is 5. The van der Waals surface area contributed by atoms with Crippen molar-refractivity contribution in [3.63, 3.8) is 0 Å². The van der Waals surface area contributed by atoms with Crippen molar-refractivity contribution in [1.82, 2.24) is 14.8 Å². The van der Waals surface area contributed by atoms with Gasteiger partial charge in [-0.2, -0.15) is 4.99 Å². The summed E-state index contributed by atoms with van der Waals surface area (Å²) < 4.78 is 0. The Bertz CT molecular complexity index is 1350. The number of thioether (sulfide) groups is 1. The molecule has 6 rings (SSSR count). The van der Waals surface area contributed by atoms with Crippen molar-refractivity contribution < 1.29 is 4.79 Å². The van der Waals surface area contributed by atoms with Gasteiger partial charge in [-0.15, -0.1) is 0 Å². The minimum absolute atomic E-state index is 0.135. The van der Waals surface area contributed by atoms with Gasteiger partial charge in [0, 0.05) is 56.5 Å². The molecule has 0 aliphatic carbocycles. The van der Waals surface area contributed by atoms with Crippen LogP contribution in [0.1, 0.15) is 31.7 Å². The number of piperazine rings is 1. The minimum atomic E-state index is -0.135. The van der Waals surface area contributed by atoms with E-state index in [1.165, 1.54) is 48.8 Å². The average Bonchev–Trinajstić information content (AvgIpc) is 3.59. The zero-order chi connectivity index (χ0) is 25.2. The number of benzene rings is 2. The molecule has 0 radical (unpaired) electrons. The molecule has 2 saturated heterocycles. The van der Waals surface area contributed by atoms with Crippen LogP contribution in [0.25, 0.3) is 28.1 Å². The van der Waals surface area contributed by atoms with Crippen LogP contribution in [-0.2, 0) is 4.79 Å². The van der Waals surface area contributed by atoms with Gasteiger partial charge >= 0.3 is 0 Å². The molecule has 37 heavy (non-hydrogen) atoms. The number of pyridine rings is 1. The predicted molar refractivity (Wildman–Crippen MR) is 155 cm³/mol. The highest BCUT2D eigenvalue weighted by molar-refractivity contribution is 8.18. The van der Waals surface area contributed by atoms with E-state index < -0.39 is 0 Å². The van der Waals surface area contributed by atoms with Crippen LogP contribution in [0.2, 0.25) is 0 Å². The Kier molecular flexibility index (Phi) is 6.98. The van der Waals surface area contributed by atoms with Gasteiger partial charge in [-0.05, 0) is 90.7 Å². The molecule has 190 valence electrons. The fourth-order valence-corrected chi connectivity index (χ4v) is 6.46. The van der Waals surface area contributed by atoms with Gasteiger partial charge in [-0.3, -0.25) is 14.7 Å². The number of carbonyl (C=O) groups excluding carboxylic acids is 1. The fraction of sp³-hybridized carbons (Fsp3) is 0.367. The van der Waals surface area contributed by atoms with Gasteiger partial charge in [0.05, 0.1) is 10.4 Å². The van der Waals surface area contributed by atoms with Crippen LogP contribution >= 0.6 is 11.8 Å². The van der Waals surface area contributed by atoms with Crippen LogP contribution in [0.15, 0.2) is 64.6 Å². The number of hydrogen-bond acceptors (Lipinski definition) is 6. The first kappa shape index (κ1) is 24.2. The van der Waals surface area contributed by atoms with Crippen molar-refractivity contribution in [3.05, 3.63) is 65.2 Å². The summed E-state index contributed by atoms with van der Waals surface area (Å²) in [4.78, 5) is 29.5. The number of rotatable bonds is 5. The third-order valence-electron chi connectivity index (χ3n) is 7.50. The van der Waals surface area contributed by atoms with Crippen LogP contribution < -0.4 is 4.90 Å². The molecule has 0 N–H and O–H groups in total. The fourth-order valence-electron chi connectivity index (χ4n) is 5.50. The van der Waals surface area contributed by atoms with E-state index >= 15 is 0 Å². The molecule has 3 aliphatic rings. The second kappa shape index (κ2) is 10.7. The van der Waals surface area contributed by atoms with Crippen molar-refractivity contribution in [2.45, 2.75) is 26.2 Å². The molecule has 4 heterocycles. The molecule has 0 spiro atoms. The van der Waals surface area contributed by atoms with Gasteiger partial charge in [0.25, 0.3) is 5.91 Å². The van der Waals surface area contributed by atoms with E-state index in [0.717, 1.165) is 66.5 Å². The van der Waals surface area contributed by atoms with Crippen molar-refractivity contribution in [1.29, 1.82) is 0 Å². The number of amidine groups is 1. The van der Waals surface area contributed by atoms with Crippen LogP contribution in [0.5, 0.6) is 0 Å². The molecule has 1 amide bonds. The van der Waals surface area contributed by atoms with E-state index in [1.807, 2.05) is 24.4 Å². The topological polar surface area (TPSA) is 52.0 Å². The molecular weight excluding hydrogens is 478 g/mol. The van der Waals surface area contributed by atoms with Gasteiger partial charge < -0.3 is 9.80 Å². The summed E-state index contributed by atoms with van der Waals surface area (Å²) in [5.74, 6) is -0.135. The number of likely N-dealkylation sites (tertiary alicyclic amines) is 1. The summed E-state index contributed by atoms with van der Waals surface area (Å²) >= 11 is 1.50. The molecule has 6 nitrogen and oxygen atoms in total. The summed E-state index contributed by atoms with van der Waals surface area (Å²) in [5.41, 5.74) is 5.57. The Morgan fingerprint density at radius 1 is 0.919 bits per heavy atom. The summed E-state index contributed by atoms with van der Waals surface area (Å²) in [6.45, 7) is 9.85. The first-order valence-electron chi connectivity index (χ1n) is 13.4. The lowest BCUT2D eigenvalue weighted by molar-refractivity contribution is -0.113. The monoisotopic (exact) mass is 511 g/mol. The quantitative estimate of drug-likeness (QED) is 0.422. The molecule has 0 unspecified atom stereocenters. The molecule has 0 bridgehead atoms. The van der Waals surface area contributed by atoms with Crippen LogP contribution in [-0.4, -0.2) is 71.7 Å². The van der Waals surface area contributed by atoms with Crippen molar-refractivity contribution in [2.24, 2.45) is 4.99 Å². The van der Waals surface area contributed by atoms with E-state index in [9.17, 15) is 4.79 Å². The number of hydrogen-bond donors (Lipinski definition) is 0. The maximum atomic E-state index is 12.6. The Morgan fingerprint density at radius 2 is 1.70 bits per heavy atom. The molecule has 0 saturated carbocycles. The lowest BCUT2D eigenvalue weighted by Gasteiger charge is -2.36. The van der Waals surface area contributed by atoms with E-state index in [0.29, 0.717) is 4.91 Å². The highest BCUT2D eigenvalue weighted by Gasteiger charge is 2.27. The summed E-state index contributed by atoms with van der Waals surface area (Å²) in [7, 11) is 0. The third kappa shape index (κ3) is 5.15. The second-order valence-electron chi connectivity index (χ2n) is 10.0. The molecule has 3 aromatic rings.